The normalized spacial score (nSPS) is 12.5. The van der Waals surface area contributed by atoms with Gasteiger partial charge in [-0.15, -0.1) is 12.4 Å². The van der Waals surface area contributed by atoms with Crippen molar-refractivity contribution in [2.45, 2.75) is 19.4 Å². The summed E-state index contributed by atoms with van der Waals surface area (Å²) >= 11 is 11.4. The van der Waals surface area contributed by atoms with Crippen LogP contribution in [0.5, 0.6) is 0 Å². The molecule has 2 rings (SSSR count). The molecule has 0 saturated carbocycles. The Bertz CT molecular complexity index is 554. The van der Waals surface area contributed by atoms with Crippen LogP contribution in [0.15, 0.2) is 6.07 Å². The van der Waals surface area contributed by atoms with Gasteiger partial charge in [0.1, 0.15) is 0 Å². The molecule has 1 N–H and O–H groups in total. The lowest BCUT2D eigenvalue weighted by atomic mass is 10.1. The molecule has 0 aliphatic rings. The minimum atomic E-state index is -0.756. The molecule has 2 heterocycles. The van der Waals surface area contributed by atoms with E-state index in [2.05, 4.69) is 15.4 Å². The minimum Gasteiger partial charge on any atom is -0.312 e. The number of hydrogen-bond donors (Lipinski definition) is 1. The molecule has 1 atom stereocenters. The summed E-state index contributed by atoms with van der Waals surface area (Å²) in [5, 5.41) is 6.92. The summed E-state index contributed by atoms with van der Waals surface area (Å²) in [6.45, 7) is 2.02. The van der Waals surface area contributed by atoms with Crippen LogP contribution in [0.25, 0.3) is 5.65 Å². The quantitative estimate of drug-likeness (QED) is 0.884. The Kier molecular flexibility index (Phi) is 5.16. The molecule has 0 aliphatic heterocycles. The fraction of sp³-hybridized carbons (Fsp3) is 0.400. The summed E-state index contributed by atoms with van der Waals surface area (Å²) in [6.07, 6.45) is 0.855. The van der Waals surface area contributed by atoms with E-state index in [9.17, 15) is 4.39 Å². The molecule has 0 spiro atoms. The van der Waals surface area contributed by atoms with Crippen molar-refractivity contribution in [2.24, 2.45) is 0 Å². The maximum absolute atomic E-state index is 13.4. The summed E-state index contributed by atoms with van der Waals surface area (Å²) < 4.78 is 14.7. The number of nitrogens with zero attached hydrogens (tertiary/aromatic N) is 3. The average Bonchev–Trinajstić information content (AvgIpc) is 2.72. The Labute approximate surface area is 120 Å². The minimum absolute atomic E-state index is 0. The summed E-state index contributed by atoms with van der Waals surface area (Å²) in [5.74, 6) is -0.756. The molecule has 8 heteroatoms. The molecule has 0 amide bonds. The van der Waals surface area contributed by atoms with Gasteiger partial charge < -0.3 is 5.32 Å². The van der Waals surface area contributed by atoms with Crippen molar-refractivity contribution in [2.75, 3.05) is 7.05 Å². The molecule has 0 bridgehead atoms. The SMILES string of the molecule is CC[C@H](NC)c1cc2nc(Cl)c(F)c(Cl)n2n1.Cl. The number of halogens is 4. The Morgan fingerprint density at radius 3 is 2.72 bits per heavy atom. The maximum Gasteiger partial charge on any atom is 0.197 e. The standard InChI is InChI=1S/C10H11Cl2FN4.ClH/c1-3-5(14-2)6-4-7-15-9(11)8(13)10(12)17(7)16-6;/h4-5,14H,3H2,1-2H3;1H/t5-;/m0./s1. The van der Waals surface area contributed by atoms with Gasteiger partial charge in [0, 0.05) is 6.07 Å². The van der Waals surface area contributed by atoms with Crippen molar-refractivity contribution >= 4 is 41.3 Å². The molecule has 0 aliphatic carbocycles. The van der Waals surface area contributed by atoms with Gasteiger partial charge in [0.2, 0.25) is 0 Å². The molecule has 0 saturated heterocycles. The van der Waals surface area contributed by atoms with Gasteiger partial charge in [0.15, 0.2) is 21.8 Å². The fourth-order valence-electron chi connectivity index (χ4n) is 1.67. The fourth-order valence-corrected chi connectivity index (χ4v) is 2.11. The number of aromatic nitrogens is 3. The van der Waals surface area contributed by atoms with E-state index in [-0.39, 0.29) is 28.8 Å². The third-order valence-electron chi connectivity index (χ3n) is 2.58. The zero-order valence-corrected chi connectivity index (χ0v) is 12.1. The topological polar surface area (TPSA) is 42.2 Å². The molecular weight excluding hydrogens is 301 g/mol. The van der Waals surface area contributed by atoms with E-state index in [1.54, 1.807) is 6.07 Å². The smallest absolute Gasteiger partial charge is 0.197 e. The zero-order chi connectivity index (χ0) is 12.6. The predicted molar refractivity (Wildman–Crippen MR) is 72.3 cm³/mol. The highest BCUT2D eigenvalue weighted by atomic mass is 35.5. The van der Waals surface area contributed by atoms with Crippen molar-refractivity contribution in [3.8, 4) is 0 Å². The summed E-state index contributed by atoms with van der Waals surface area (Å²) in [6, 6.07) is 1.82. The third-order valence-corrected chi connectivity index (χ3v) is 3.16. The lowest BCUT2D eigenvalue weighted by Gasteiger charge is -2.09. The van der Waals surface area contributed by atoms with Gasteiger partial charge in [-0.3, -0.25) is 0 Å². The van der Waals surface area contributed by atoms with E-state index in [1.807, 2.05) is 14.0 Å². The molecule has 0 radical (unpaired) electrons. The molecular formula is C10H12Cl3FN4. The van der Waals surface area contributed by atoms with Crippen LogP contribution >= 0.6 is 35.6 Å². The summed E-state index contributed by atoms with van der Waals surface area (Å²) in [7, 11) is 1.83. The van der Waals surface area contributed by atoms with E-state index < -0.39 is 5.82 Å². The highest BCUT2D eigenvalue weighted by Crippen LogP contribution is 2.24. The predicted octanol–water partition coefficient (Wildman–Crippen LogP) is 3.27. The Balaban J connectivity index is 0.00000162. The van der Waals surface area contributed by atoms with Crippen LogP contribution in [-0.2, 0) is 0 Å². The van der Waals surface area contributed by atoms with E-state index in [4.69, 9.17) is 23.2 Å². The van der Waals surface area contributed by atoms with E-state index >= 15 is 0 Å². The molecule has 0 unspecified atom stereocenters. The first-order valence-corrected chi connectivity index (χ1v) is 5.91. The number of nitrogens with one attached hydrogen (secondary N) is 1. The van der Waals surface area contributed by atoms with E-state index in [1.165, 1.54) is 4.52 Å². The van der Waals surface area contributed by atoms with Gasteiger partial charge in [-0.05, 0) is 13.5 Å². The van der Waals surface area contributed by atoms with Crippen molar-refractivity contribution in [1.82, 2.24) is 19.9 Å². The maximum atomic E-state index is 13.4. The largest absolute Gasteiger partial charge is 0.312 e. The lowest BCUT2D eigenvalue weighted by Crippen LogP contribution is -2.15. The molecule has 2 aromatic heterocycles. The number of hydrogen-bond acceptors (Lipinski definition) is 3. The average molecular weight is 314 g/mol. The van der Waals surface area contributed by atoms with Crippen LogP contribution in [0.2, 0.25) is 10.3 Å². The first-order chi connectivity index (χ1) is 8.08. The van der Waals surface area contributed by atoms with Crippen LogP contribution in [0.3, 0.4) is 0 Å². The van der Waals surface area contributed by atoms with Crippen LogP contribution < -0.4 is 5.32 Å². The van der Waals surface area contributed by atoms with Crippen LogP contribution in [0.4, 0.5) is 4.39 Å². The second-order valence-corrected chi connectivity index (χ2v) is 4.31. The highest BCUT2D eigenvalue weighted by Gasteiger charge is 2.17. The van der Waals surface area contributed by atoms with Gasteiger partial charge in [-0.2, -0.15) is 5.10 Å². The second kappa shape index (κ2) is 6.02. The highest BCUT2D eigenvalue weighted by molar-refractivity contribution is 6.33. The van der Waals surface area contributed by atoms with Gasteiger partial charge in [0.05, 0.1) is 11.7 Å². The summed E-state index contributed by atoms with van der Waals surface area (Å²) in [5.41, 5.74) is 1.19. The van der Waals surface area contributed by atoms with Crippen LogP contribution in [-0.4, -0.2) is 21.6 Å². The van der Waals surface area contributed by atoms with Gasteiger partial charge in [0.25, 0.3) is 0 Å². The van der Waals surface area contributed by atoms with Crippen molar-refractivity contribution in [3.05, 3.63) is 27.9 Å². The molecule has 0 aromatic carbocycles. The Hall–Kier alpha value is -0.620. The van der Waals surface area contributed by atoms with E-state index in [0.717, 1.165) is 12.1 Å². The van der Waals surface area contributed by atoms with Crippen LogP contribution in [0, 0.1) is 5.82 Å². The molecule has 18 heavy (non-hydrogen) atoms. The van der Waals surface area contributed by atoms with Crippen LogP contribution in [0.1, 0.15) is 25.1 Å². The Morgan fingerprint density at radius 2 is 2.17 bits per heavy atom. The lowest BCUT2D eigenvalue weighted by molar-refractivity contribution is 0.554. The van der Waals surface area contributed by atoms with Crippen molar-refractivity contribution < 1.29 is 4.39 Å². The van der Waals surface area contributed by atoms with Gasteiger partial charge >= 0.3 is 0 Å². The van der Waals surface area contributed by atoms with Crippen molar-refractivity contribution in [3.63, 3.8) is 0 Å². The Morgan fingerprint density at radius 1 is 1.50 bits per heavy atom. The van der Waals surface area contributed by atoms with Gasteiger partial charge in [-0.1, -0.05) is 30.1 Å². The number of fused-ring (bicyclic) bond motifs is 1. The second-order valence-electron chi connectivity index (χ2n) is 3.60. The summed E-state index contributed by atoms with van der Waals surface area (Å²) in [4.78, 5) is 3.89. The van der Waals surface area contributed by atoms with E-state index in [0.29, 0.717) is 5.65 Å². The molecule has 100 valence electrons. The third kappa shape index (κ3) is 2.54. The van der Waals surface area contributed by atoms with Crippen molar-refractivity contribution in [1.29, 1.82) is 0 Å². The zero-order valence-electron chi connectivity index (χ0n) is 9.75. The number of rotatable bonds is 3. The molecule has 2 aromatic rings. The molecule has 0 fully saturated rings. The first kappa shape index (κ1) is 15.4. The monoisotopic (exact) mass is 312 g/mol. The first-order valence-electron chi connectivity index (χ1n) is 5.16. The molecule has 4 nitrogen and oxygen atoms in total. The van der Waals surface area contributed by atoms with Gasteiger partial charge in [-0.25, -0.2) is 13.9 Å².